The summed E-state index contributed by atoms with van der Waals surface area (Å²) < 4.78 is 12.4. The van der Waals surface area contributed by atoms with Crippen molar-refractivity contribution in [3.8, 4) is 11.5 Å². The summed E-state index contributed by atoms with van der Waals surface area (Å²) in [5, 5.41) is 9.17. The van der Waals surface area contributed by atoms with E-state index in [4.69, 9.17) is 14.6 Å². The second kappa shape index (κ2) is 8.60. The summed E-state index contributed by atoms with van der Waals surface area (Å²) in [7, 11) is 1.58. The predicted octanol–water partition coefficient (Wildman–Crippen LogP) is 3.53. The summed E-state index contributed by atoms with van der Waals surface area (Å²) in [4.78, 5) is 28.6. The van der Waals surface area contributed by atoms with Crippen LogP contribution in [0.4, 0.5) is 0 Å². The van der Waals surface area contributed by atoms with Gasteiger partial charge in [-0.2, -0.15) is 0 Å². The second-order valence-corrected chi connectivity index (χ2v) is 6.23. The van der Waals surface area contributed by atoms with Crippen LogP contribution < -0.4 is 15.0 Å². The molecule has 0 unspecified atom stereocenters. The number of fused-ring (bicyclic) bond motifs is 1. The van der Waals surface area contributed by atoms with Gasteiger partial charge in [-0.3, -0.25) is 9.20 Å². The Labute approximate surface area is 167 Å². The molecule has 3 aromatic rings. The molecule has 0 aliphatic rings. The molecule has 0 amide bonds. The Morgan fingerprint density at radius 3 is 2.66 bits per heavy atom. The van der Waals surface area contributed by atoms with Crippen molar-refractivity contribution in [1.29, 1.82) is 0 Å². The van der Waals surface area contributed by atoms with E-state index in [1.807, 2.05) is 38.1 Å². The van der Waals surface area contributed by atoms with E-state index in [1.54, 1.807) is 13.2 Å². The highest BCUT2D eigenvalue weighted by atomic mass is 16.5. The molecule has 1 aromatic carbocycles. The Bertz CT molecular complexity index is 1150. The van der Waals surface area contributed by atoms with Crippen molar-refractivity contribution in [2.75, 3.05) is 13.7 Å². The molecule has 150 valence electrons. The quantitative estimate of drug-likeness (QED) is 0.659. The number of pyridine rings is 1. The molecule has 0 saturated heterocycles. The first-order chi connectivity index (χ1) is 14.0. The number of nitrogens with zero attached hydrogens (tertiary/aromatic N) is 2. The van der Waals surface area contributed by atoms with E-state index in [0.717, 1.165) is 5.56 Å². The molecular weight excluding hydrogens is 372 g/mol. The van der Waals surface area contributed by atoms with E-state index in [1.165, 1.54) is 22.7 Å². The van der Waals surface area contributed by atoms with Crippen molar-refractivity contribution >= 4 is 23.8 Å². The Morgan fingerprint density at radius 1 is 1.21 bits per heavy atom. The largest absolute Gasteiger partial charge is 0.493 e. The SMILES string of the molecule is CCOc1c(/C=C/c2nc3ccc(C(=O)O)cn3c(=O)c2CC)cccc1OC. The molecule has 7 nitrogen and oxygen atoms in total. The molecule has 0 atom stereocenters. The third-order valence-corrected chi connectivity index (χ3v) is 4.49. The van der Waals surface area contributed by atoms with E-state index in [0.29, 0.717) is 41.4 Å². The van der Waals surface area contributed by atoms with Crippen molar-refractivity contribution in [2.45, 2.75) is 20.3 Å². The minimum absolute atomic E-state index is 0.0319. The number of aromatic nitrogens is 2. The van der Waals surface area contributed by atoms with Gasteiger partial charge < -0.3 is 14.6 Å². The molecular formula is C22H22N2O5. The number of rotatable bonds is 7. The van der Waals surface area contributed by atoms with Gasteiger partial charge in [0.05, 0.1) is 25.0 Å². The Hall–Kier alpha value is -3.61. The number of hydrogen-bond donors (Lipinski definition) is 1. The van der Waals surface area contributed by atoms with Gasteiger partial charge >= 0.3 is 5.97 Å². The molecule has 1 N–H and O–H groups in total. The zero-order valence-corrected chi connectivity index (χ0v) is 16.5. The Balaban J connectivity index is 2.12. The molecule has 0 radical (unpaired) electrons. The minimum atomic E-state index is -1.10. The predicted molar refractivity (Wildman–Crippen MR) is 111 cm³/mol. The first kappa shape index (κ1) is 20.1. The summed E-state index contributed by atoms with van der Waals surface area (Å²) in [6.07, 6.45) is 5.36. The number of para-hydroxylation sites is 1. The zero-order valence-electron chi connectivity index (χ0n) is 16.5. The fourth-order valence-electron chi connectivity index (χ4n) is 3.08. The van der Waals surface area contributed by atoms with Crippen LogP contribution in [0.1, 0.15) is 41.0 Å². The Morgan fingerprint density at radius 2 is 2.00 bits per heavy atom. The van der Waals surface area contributed by atoms with Gasteiger partial charge in [-0.1, -0.05) is 19.1 Å². The molecule has 0 aliphatic heterocycles. The zero-order chi connectivity index (χ0) is 21.0. The summed E-state index contributed by atoms with van der Waals surface area (Å²) >= 11 is 0. The second-order valence-electron chi connectivity index (χ2n) is 6.23. The molecule has 29 heavy (non-hydrogen) atoms. The van der Waals surface area contributed by atoms with Crippen LogP contribution in [0, 0.1) is 0 Å². The number of hydrogen-bond acceptors (Lipinski definition) is 5. The van der Waals surface area contributed by atoms with Crippen LogP contribution >= 0.6 is 0 Å². The van der Waals surface area contributed by atoms with Gasteiger partial charge in [0.1, 0.15) is 5.65 Å². The first-order valence-corrected chi connectivity index (χ1v) is 9.26. The average Bonchev–Trinajstić information content (AvgIpc) is 2.72. The maximum Gasteiger partial charge on any atom is 0.337 e. The molecule has 2 heterocycles. The minimum Gasteiger partial charge on any atom is -0.493 e. The van der Waals surface area contributed by atoms with Gasteiger partial charge in [-0.05, 0) is 43.7 Å². The van der Waals surface area contributed by atoms with Crippen molar-refractivity contribution < 1.29 is 19.4 Å². The first-order valence-electron chi connectivity index (χ1n) is 9.26. The summed E-state index contributed by atoms with van der Waals surface area (Å²) in [5.41, 5.74) is 1.97. The van der Waals surface area contributed by atoms with Crippen LogP contribution in [0.3, 0.4) is 0 Å². The van der Waals surface area contributed by atoms with E-state index >= 15 is 0 Å². The van der Waals surface area contributed by atoms with Crippen molar-refractivity contribution in [2.24, 2.45) is 0 Å². The Kier molecular flexibility index (Phi) is 5.97. The molecule has 2 aromatic heterocycles. The summed E-state index contributed by atoms with van der Waals surface area (Å²) in [6.45, 7) is 4.25. The van der Waals surface area contributed by atoms with Gasteiger partial charge in [-0.25, -0.2) is 9.78 Å². The van der Waals surface area contributed by atoms with Crippen LogP contribution in [0.5, 0.6) is 11.5 Å². The lowest BCUT2D eigenvalue weighted by Crippen LogP contribution is -2.22. The van der Waals surface area contributed by atoms with Crippen molar-refractivity contribution in [3.05, 3.63) is 69.3 Å². The standard InChI is InChI=1S/C22H22N2O5/c1-4-16-17(11-9-14-7-6-8-18(28-3)20(14)29-5-2)23-19-12-10-15(22(26)27)13-24(19)21(16)25/h6-13H,4-5H2,1-3H3,(H,26,27)/b11-9+. The van der Waals surface area contributed by atoms with Crippen molar-refractivity contribution in [1.82, 2.24) is 9.38 Å². The van der Waals surface area contributed by atoms with Gasteiger partial charge in [0.2, 0.25) is 0 Å². The highest BCUT2D eigenvalue weighted by Gasteiger charge is 2.13. The van der Waals surface area contributed by atoms with Crippen LogP contribution in [-0.2, 0) is 6.42 Å². The highest BCUT2D eigenvalue weighted by Crippen LogP contribution is 2.32. The number of aromatic carboxylic acids is 1. The van der Waals surface area contributed by atoms with Gasteiger partial charge in [0.15, 0.2) is 11.5 Å². The third-order valence-electron chi connectivity index (χ3n) is 4.49. The van der Waals surface area contributed by atoms with E-state index in [-0.39, 0.29) is 11.1 Å². The smallest absolute Gasteiger partial charge is 0.337 e. The molecule has 0 fully saturated rings. The van der Waals surface area contributed by atoms with Crippen LogP contribution in [-0.4, -0.2) is 34.2 Å². The van der Waals surface area contributed by atoms with Gasteiger partial charge in [-0.15, -0.1) is 0 Å². The van der Waals surface area contributed by atoms with Crippen LogP contribution in [0.2, 0.25) is 0 Å². The summed E-state index contributed by atoms with van der Waals surface area (Å²) in [6, 6.07) is 8.53. The van der Waals surface area contributed by atoms with E-state index in [9.17, 15) is 9.59 Å². The van der Waals surface area contributed by atoms with Crippen LogP contribution in [0.25, 0.3) is 17.8 Å². The maximum atomic E-state index is 12.9. The third kappa shape index (κ3) is 3.99. The average molecular weight is 394 g/mol. The lowest BCUT2D eigenvalue weighted by molar-refractivity contribution is 0.0696. The maximum absolute atomic E-state index is 12.9. The number of ether oxygens (including phenoxy) is 2. The number of carbonyl (C=O) groups is 1. The van der Waals surface area contributed by atoms with Gasteiger partial charge in [0.25, 0.3) is 5.56 Å². The fourth-order valence-corrected chi connectivity index (χ4v) is 3.08. The molecule has 0 spiro atoms. The monoisotopic (exact) mass is 394 g/mol. The number of carboxylic acid groups (broad SMARTS) is 1. The highest BCUT2D eigenvalue weighted by molar-refractivity contribution is 5.87. The lowest BCUT2D eigenvalue weighted by atomic mass is 10.1. The number of methoxy groups -OCH3 is 1. The van der Waals surface area contributed by atoms with Gasteiger partial charge in [0, 0.05) is 17.3 Å². The van der Waals surface area contributed by atoms with Crippen molar-refractivity contribution in [3.63, 3.8) is 0 Å². The number of benzene rings is 1. The summed E-state index contributed by atoms with van der Waals surface area (Å²) in [5.74, 6) is 0.148. The lowest BCUT2D eigenvalue weighted by Gasteiger charge is -2.12. The number of carboxylic acids is 1. The van der Waals surface area contributed by atoms with Crippen LogP contribution in [0.15, 0.2) is 41.3 Å². The normalized spacial score (nSPS) is 11.1. The molecule has 0 bridgehead atoms. The molecule has 0 saturated carbocycles. The molecule has 7 heteroatoms. The topological polar surface area (TPSA) is 90.1 Å². The van der Waals surface area contributed by atoms with E-state index < -0.39 is 5.97 Å². The molecule has 3 rings (SSSR count). The fraction of sp³-hybridized carbons (Fsp3) is 0.227. The molecule has 0 aliphatic carbocycles. The van der Waals surface area contributed by atoms with E-state index in [2.05, 4.69) is 4.98 Å².